The van der Waals surface area contributed by atoms with Gasteiger partial charge in [-0.15, -0.1) is 0 Å². The average molecular weight is 382 g/mol. The number of nitrogens with zero attached hydrogens (tertiary/aromatic N) is 2. The molecule has 0 aliphatic rings. The van der Waals surface area contributed by atoms with Crippen LogP contribution in [0.1, 0.15) is 11.3 Å². The smallest absolute Gasteiger partial charge is 0.261 e. The van der Waals surface area contributed by atoms with Gasteiger partial charge >= 0.3 is 0 Å². The Labute approximate surface area is 169 Å². The Kier molecular flexibility index (Phi) is 5.25. The minimum absolute atomic E-state index is 0.0992. The van der Waals surface area contributed by atoms with E-state index in [-0.39, 0.29) is 11.3 Å². The number of hydrogen-bond donors (Lipinski definition) is 1. The van der Waals surface area contributed by atoms with Crippen LogP contribution in [0.5, 0.6) is 5.75 Å². The van der Waals surface area contributed by atoms with E-state index in [2.05, 4.69) is 0 Å². The van der Waals surface area contributed by atoms with Crippen LogP contribution in [0.15, 0.2) is 89.7 Å². The molecule has 0 aliphatic heterocycles. The van der Waals surface area contributed by atoms with Crippen molar-refractivity contribution in [2.75, 3.05) is 0 Å². The normalized spacial score (nSPS) is 10.8. The molecule has 1 aromatic heterocycles. The number of phenolic OH excluding ortho intramolecular Hbond substituents is 1. The van der Waals surface area contributed by atoms with Crippen molar-refractivity contribution in [3.63, 3.8) is 0 Å². The highest BCUT2D eigenvalue weighted by Crippen LogP contribution is 2.29. The van der Waals surface area contributed by atoms with Crippen LogP contribution in [0.25, 0.3) is 22.5 Å². The maximum Gasteiger partial charge on any atom is 0.261 e. The van der Waals surface area contributed by atoms with E-state index in [9.17, 15) is 9.90 Å². The van der Waals surface area contributed by atoms with Gasteiger partial charge in [0.15, 0.2) is 0 Å². The molecule has 0 fully saturated rings. The van der Waals surface area contributed by atoms with E-state index in [0.29, 0.717) is 35.6 Å². The first-order valence-corrected chi connectivity index (χ1v) is 9.64. The number of aryl methyl sites for hydroxylation is 2. The molecule has 4 heteroatoms. The van der Waals surface area contributed by atoms with Gasteiger partial charge in [-0.25, -0.2) is 4.98 Å². The van der Waals surface area contributed by atoms with E-state index in [1.807, 2.05) is 73.7 Å². The van der Waals surface area contributed by atoms with Crippen molar-refractivity contribution in [1.29, 1.82) is 0 Å². The summed E-state index contributed by atoms with van der Waals surface area (Å²) < 4.78 is 1.68. The molecule has 0 spiro atoms. The van der Waals surface area contributed by atoms with Crippen LogP contribution in [0.2, 0.25) is 0 Å². The van der Waals surface area contributed by atoms with E-state index < -0.39 is 0 Å². The summed E-state index contributed by atoms with van der Waals surface area (Å²) in [5.41, 5.74) is 3.69. The maximum absolute atomic E-state index is 13.6. The summed E-state index contributed by atoms with van der Waals surface area (Å²) >= 11 is 0. The third-order valence-electron chi connectivity index (χ3n) is 5.02. The van der Waals surface area contributed by atoms with E-state index in [1.165, 1.54) is 0 Å². The van der Waals surface area contributed by atoms with Crippen LogP contribution in [0.4, 0.5) is 0 Å². The van der Waals surface area contributed by atoms with Crippen LogP contribution in [-0.4, -0.2) is 14.7 Å². The second-order valence-electron chi connectivity index (χ2n) is 6.97. The molecule has 0 bridgehead atoms. The van der Waals surface area contributed by atoms with E-state index in [1.54, 1.807) is 22.8 Å². The number of phenols is 1. The molecule has 0 saturated heterocycles. The van der Waals surface area contributed by atoms with E-state index in [0.717, 1.165) is 11.1 Å². The van der Waals surface area contributed by atoms with Gasteiger partial charge < -0.3 is 5.11 Å². The van der Waals surface area contributed by atoms with Gasteiger partial charge in [-0.2, -0.15) is 0 Å². The third kappa shape index (κ3) is 3.83. The first-order chi connectivity index (χ1) is 14.1. The molecule has 4 nitrogen and oxygen atoms in total. The summed E-state index contributed by atoms with van der Waals surface area (Å²) in [4.78, 5) is 18.3. The molecule has 0 saturated carbocycles. The van der Waals surface area contributed by atoms with Crippen molar-refractivity contribution >= 4 is 0 Å². The second-order valence-corrected chi connectivity index (χ2v) is 6.97. The van der Waals surface area contributed by atoms with Gasteiger partial charge in [0.2, 0.25) is 0 Å². The summed E-state index contributed by atoms with van der Waals surface area (Å²) in [7, 11) is 0. The number of benzene rings is 3. The Morgan fingerprint density at radius 1 is 0.862 bits per heavy atom. The molecule has 0 radical (unpaired) electrons. The number of aromatic nitrogens is 2. The number of hydrogen-bond acceptors (Lipinski definition) is 3. The second kappa shape index (κ2) is 8.15. The zero-order chi connectivity index (χ0) is 20.2. The first kappa shape index (κ1) is 18.7. The van der Waals surface area contributed by atoms with Crippen LogP contribution >= 0.6 is 0 Å². The highest BCUT2D eigenvalue weighted by molar-refractivity contribution is 5.69. The van der Waals surface area contributed by atoms with Gasteiger partial charge in [0, 0.05) is 6.54 Å². The minimum Gasteiger partial charge on any atom is -0.507 e. The molecule has 0 atom stereocenters. The Morgan fingerprint density at radius 3 is 2.17 bits per heavy atom. The van der Waals surface area contributed by atoms with Crippen LogP contribution in [-0.2, 0) is 13.0 Å². The molecule has 4 rings (SSSR count). The van der Waals surface area contributed by atoms with Crippen molar-refractivity contribution < 1.29 is 5.11 Å². The van der Waals surface area contributed by atoms with Crippen molar-refractivity contribution in [1.82, 2.24) is 9.55 Å². The molecule has 0 unspecified atom stereocenters. The maximum atomic E-state index is 13.6. The topological polar surface area (TPSA) is 55.1 Å². The van der Waals surface area contributed by atoms with Gasteiger partial charge in [-0.3, -0.25) is 9.36 Å². The molecule has 1 heterocycles. The minimum atomic E-state index is -0.0992. The Balaban J connectivity index is 1.89. The fraction of sp³-hybridized carbons (Fsp3) is 0.120. The zero-order valence-corrected chi connectivity index (χ0v) is 16.2. The van der Waals surface area contributed by atoms with Crippen LogP contribution in [0.3, 0.4) is 0 Å². The zero-order valence-electron chi connectivity index (χ0n) is 16.2. The van der Waals surface area contributed by atoms with Crippen molar-refractivity contribution in [3.8, 4) is 28.3 Å². The van der Waals surface area contributed by atoms with Crippen molar-refractivity contribution in [2.24, 2.45) is 0 Å². The molecule has 0 aliphatic carbocycles. The Bertz CT molecular complexity index is 1180. The third-order valence-corrected chi connectivity index (χ3v) is 5.02. The monoisotopic (exact) mass is 382 g/mol. The summed E-state index contributed by atoms with van der Waals surface area (Å²) in [6.45, 7) is 2.31. The molecule has 3 aromatic carbocycles. The van der Waals surface area contributed by atoms with Crippen LogP contribution < -0.4 is 5.56 Å². The largest absolute Gasteiger partial charge is 0.507 e. The van der Waals surface area contributed by atoms with Gasteiger partial charge in [-0.05, 0) is 36.6 Å². The Morgan fingerprint density at radius 2 is 1.48 bits per heavy atom. The summed E-state index contributed by atoms with van der Waals surface area (Å²) in [6.07, 6.45) is 0.695. The van der Waals surface area contributed by atoms with Crippen molar-refractivity contribution in [3.05, 3.63) is 107 Å². The molecule has 4 aromatic rings. The summed E-state index contributed by atoms with van der Waals surface area (Å²) in [5, 5.41) is 10.4. The molecule has 29 heavy (non-hydrogen) atoms. The lowest BCUT2D eigenvalue weighted by molar-refractivity contribution is 0.476. The highest BCUT2D eigenvalue weighted by atomic mass is 16.3. The quantitative estimate of drug-likeness (QED) is 0.538. The van der Waals surface area contributed by atoms with Gasteiger partial charge in [0.05, 0.1) is 16.8 Å². The fourth-order valence-electron chi connectivity index (χ4n) is 3.56. The lowest BCUT2D eigenvalue weighted by atomic mass is 10.0. The summed E-state index contributed by atoms with van der Waals surface area (Å²) in [5.74, 6) is 0.598. The molecular formula is C25H22N2O2. The molecule has 0 amide bonds. The molecular weight excluding hydrogens is 360 g/mol. The lowest BCUT2D eigenvalue weighted by Crippen LogP contribution is -2.27. The van der Waals surface area contributed by atoms with E-state index >= 15 is 0 Å². The number of aromatic hydroxyl groups is 1. The summed E-state index contributed by atoms with van der Waals surface area (Å²) in [6, 6.07) is 26.7. The molecule has 1 N–H and O–H groups in total. The van der Waals surface area contributed by atoms with Gasteiger partial charge in [0.1, 0.15) is 11.6 Å². The highest BCUT2D eigenvalue weighted by Gasteiger charge is 2.18. The average Bonchev–Trinajstić information content (AvgIpc) is 2.75. The van der Waals surface area contributed by atoms with Crippen LogP contribution in [0, 0.1) is 6.92 Å². The van der Waals surface area contributed by atoms with Gasteiger partial charge in [0.25, 0.3) is 5.56 Å². The Hall–Kier alpha value is -3.66. The van der Waals surface area contributed by atoms with Crippen molar-refractivity contribution in [2.45, 2.75) is 19.9 Å². The van der Waals surface area contributed by atoms with E-state index in [4.69, 9.17) is 4.98 Å². The SMILES string of the molecule is Cc1nc(-c2ccccc2O)n(CCc2ccccc2)c(=O)c1-c1ccccc1. The first-order valence-electron chi connectivity index (χ1n) is 9.64. The standard InChI is InChI=1S/C25H22N2O2/c1-18-23(20-12-6-3-7-13-20)25(29)27(17-16-19-10-4-2-5-11-19)24(26-18)21-14-8-9-15-22(21)28/h2-15,28H,16-17H2,1H3. The lowest BCUT2D eigenvalue weighted by Gasteiger charge is -2.17. The van der Waals surface area contributed by atoms with Gasteiger partial charge in [-0.1, -0.05) is 72.8 Å². The number of para-hydroxylation sites is 1. The fourth-order valence-corrected chi connectivity index (χ4v) is 3.56. The predicted molar refractivity (Wildman–Crippen MR) is 116 cm³/mol. The predicted octanol–water partition coefficient (Wildman–Crippen LogP) is 4.83. The molecule has 144 valence electrons. The number of rotatable bonds is 5.